The fourth-order valence-corrected chi connectivity index (χ4v) is 6.00. The van der Waals surface area contributed by atoms with Crippen LogP contribution in [0.2, 0.25) is 0 Å². The summed E-state index contributed by atoms with van der Waals surface area (Å²) in [7, 11) is 0. The molecule has 1 saturated heterocycles. The summed E-state index contributed by atoms with van der Waals surface area (Å²) in [4.78, 5) is 31.2. The maximum Gasteiger partial charge on any atom is 0.573 e. The molecule has 0 radical (unpaired) electrons. The number of amidine groups is 1. The lowest BCUT2D eigenvalue weighted by Gasteiger charge is -2.26. The number of rotatable bonds is 10. The first-order chi connectivity index (χ1) is 20.5. The van der Waals surface area contributed by atoms with Crippen molar-refractivity contribution in [2.75, 3.05) is 16.1 Å². The van der Waals surface area contributed by atoms with Crippen LogP contribution in [0.3, 0.4) is 0 Å². The smallest absolute Gasteiger partial charge is 0.406 e. The minimum Gasteiger partial charge on any atom is -0.406 e. The molecule has 2 aromatic rings. The van der Waals surface area contributed by atoms with Gasteiger partial charge in [0.25, 0.3) is 0 Å². The number of anilines is 2. The van der Waals surface area contributed by atoms with Gasteiger partial charge in [0.05, 0.1) is 16.8 Å². The molecule has 0 bridgehead atoms. The third-order valence-corrected chi connectivity index (χ3v) is 8.16. The normalized spacial score (nSPS) is 19.5. The third kappa shape index (κ3) is 8.96. The highest BCUT2D eigenvalue weighted by Crippen LogP contribution is 2.37. The molecule has 2 aliphatic rings. The maximum absolute atomic E-state index is 12.7. The summed E-state index contributed by atoms with van der Waals surface area (Å²) in [5.74, 6) is 0.616. The van der Waals surface area contributed by atoms with Crippen molar-refractivity contribution in [3.63, 3.8) is 0 Å². The molecule has 8 nitrogen and oxygen atoms in total. The predicted molar refractivity (Wildman–Crippen MR) is 168 cm³/mol. The highest BCUT2D eigenvalue weighted by molar-refractivity contribution is 8.01. The largest absolute Gasteiger partial charge is 0.573 e. The molecule has 43 heavy (non-hydrogen) atoms. The topological polar surface area (TPSA) is 95.4 Å². The van der Waals surface area contributed by atoms with Crippen LogP contribution in [0, 0.1) is 0 Å². The Labute approximate surface area is 254 Å². The lowest BCUT2D eigenvalue weighted by Crippen LogP contribution is -2.35. The van der Waals surface area contributed by atoms with Crippen LogP contribution < -0.4 is 20.4 Å². The Kier molecular flexibility index (Phi) is 10.7. The first-order valence-corrected chi connectivity index (χ1v) is 14.9. The highest BCUT2D eigenvalue weighted by atomic mass is 32.2. The second-order valence-electron chi connectivity index (χ2n) is 10.4. The van der Waals surface area contributed by atoms with Gasteiger partial charge in [0.1, 0.15) is 5.75 Å². The van der Waals surface area contributed by atoms with Crippen LogP contribution in [-0.2, 0) is 9.59 Å². The molecular formula is C31H36F3N5O3S. The fourth-order valence-electron chi connectivity index (χ4n) is 4.90. The van der Waals surface area contributed by atoms with E-state index in [0.717, 1.165) is 16.8 Å². The molecule has 1 unspecified atom stereocenters. The Morgan fingerprint density at radius 3 is 2.63 bits per heavy atom. The number of nitrogens with zero attached hydrogens (tertiary/aromatic N) is 3. The highest BCUT2D eigenvalue weighted by Gasteiger charge is 2.33. The third-order valence-electron chi connectivity index (χ3n) is 6.95. The van der Waals surface area contributed by atoms with Gasteiger partial charge in [-0.25, -0.2) is 4.99 Å². The molecule has 1 fully saturated rings. The van der Waals surface area contributed by atoms with Crippen molar-refractivity contribution >= 4 is 47.5 Å². The summed E-state index contributed by atoms with van der Waals surface area (Å²) in [5, 5.41) is 7.19. The molecule has 1 aliphatic carbocycles. The van der Waals surface area contributed by atoms with Gasteiger partial charge >= 0.3 is 6.36 Å². The van der Waals surface area contributed by atoms with Crippen molar-refractivity contribution in [2.24, 2.45) is 10.1 Å². The predicted octanol–water partition coefficient (Wildman–Crippen LogP) is 7.03. The molecule has 2 aromatic carbocycles. The summed E-state index contributed by atoms with van der Waals surface area (Å²) in [6.45, 7) is 7.78. The number of amides is 2. The van der Waals surface area contributed by atoms with E-state index in [-0.39, 0.29) is 36.3 Å². The number of halogens is 3. The standard InChI is InChI=1S/C31H34F3N5O3S.H2/c1-20(2)25-7-4-5-8-26(25)39-28(41)19-43-29(39)10-6-9-27(40)36-22-13-11-21(12-14-22)30(35-3)38-37-23-15-17-24(18-16-23)42-31(32,33)34;/h4-9,11,15-18,20,22,29,37H,3,10,12-14,19H2,1-2H3,(H,36,40);1H/b9-6+,38-30-;/t22?,29-;/m1./s1. The number of hydrazone groups is 1. The Hall–Kier alpha value is -4.06. The van der Waals surface area contributed by atoms with Crippen molar-refractivity contribution < 1.29 is 28.9 Å². The van der Waals surface area contributed by atoms with E-state index in [1.165, 1.54) is 30.3 Å². The summed E-state index contributed by atoms with van der Waals surface area (Å²) in [5.41, 5.74) is 6.13. The van der Waals surface area contributed by atoms with Crippen LogP contribution in [0.4, 0.5) is 24.5 Å². The van der Waals surface area contributed by atoms with Gasteiger partial charge in [0.2, 0.25) is 11.8 Å². The van der Waals surface area contributed by atoms with Crippen LogP contribution in [0.25, 0.3) is 0 Å². The number of para-hydroxylation sites is 1. The lowest BCUT2D eigenvalue weighted by molar-refractivity contribution is -0.274. The minimum atomic E-state index is -4.76. The Morgan fingerprint density at radius 1 is 1.23 bits per heavy atom. The van der Waals surface area contributed by atoms with Gasteiger partial charge in [0, 0.05) is 13.2 Å². The quantitative estimate of drug-likeness (QED) is 0.130. The van der Waals surface area contributed by atoms with Crippen molar-refractivity contribution in [1.82, 2.24) is 5.32 Å². The second-order valence-corrected chi connectivity index (χ2v) is 11.5. The van der Waals surface area contributed by atoms with Crippen LogP contribution in [0.15, 0.2) is 82.4 Å². The van der Waals surface area contributed by atoms with Crippen molar-refractivity contribution in [2.45, 2.75) is 63.2 Å². The van der Waals surface area contributed by atoms with Gasteiger partial charge in [-0.05, 0) is 85.9 Å². The molecule has 0 saturated carbocycles. The van der Waals surface area contributed by atoms with Crippen LogP contribution >= 0.6 is 11.8 Å². The van der Waals surface area contributed by atoms with Gasteiger partial charge in [-0.1, -0.05) is 44.2 Å². The van der Waals surface area contributed by atoms with E-state index >= 15 is 0 Å². The van der Waals surface area contributed by atoms with E-state index in [0.29, 0.717) is 43.0 Å². The van der Waals surface area contributed by atoms with Gasteiger partial charge in [-0.2, -0.15) is 5.10 Å². The molecule has 1 heterocycles. The number of ether oxygens (including phenoxy) is 1. The zero-order chi connectivity index (χ0) is 31.0. The Balaban J connectivity index is 0.00000529. The number of hydrogen-bond acceptors (Lipinski definition) is 6. The van der Waals surface area contributed by atoms with E-state index in [1.807, 2.05) is 35.3 Å². The van der Waals surface area contributed by atoms with Crippen LogP contribution in [0.5, 0.6) is 5.75 Å². The number of carbonyl (C=O) groups excluding carboxylic acids is 2. The van der Waals surface area contributed by atoms with E-state index in [1.54, 1.807) is 11.8 Å². The molecule has 4 rings (SSSR count). The number of alkyl halides is 3. The summed E-state index contributed by atoms with van der Waals surface area (Å²) < 4.78 is 40.9. The number of benzene rings is 2. The van der Waals surface area contributed by atoms with Crippen LogP contribution in [0.1, 0.15) is 52.4 Å². The minimum absolute atomic E-state index is 0. The van der Waals surface area contributed by atoms with Gasteiger partial charge in [-0.3, -0.25) is 19.9 Å². The molecule has 0 aromatic heterocycles. The first kappa shape index (κ1) is 31.9. The second kappa shape index (κ2) is 14.4. The Bertz CT molecular complexity index is 1410. The van der Waals surface area contributed by atoms with E-state index in [4.69, 9.17) is 0 Å². The summed E-state index contributed by atoms with van der Waals surface area (Å²) in [6, 6.07) is 13.1. The average Bonchev–Trinajstić information content (AvgIpc) is 3.33. The summed E-state index contributed by atoms with van der Waals surface area (Å²) in [6.07, 6.45) is 2.96. The summed E-state index contributed by atoms with van der Waals surface area (Å²) >= 11 is 1.58. The van der Waals surface area contributed by atoms with Crippen molar-refractivity contribution in [3.8, 4) is 5.75 Å². The molecule has 2 atom stereocenters. The van der Waals surface area contributed by atoms with Gasteiger partial charge in [-0.15, -0.1) is 24.9 Å². The molecule has 2 amide bonds. The molecule has 1 aliphatic heterocycles. The van der Waals surface area contributed by atoms with Crippen LogP contribution in [-0.4, -0.2) is 47.9 Å². The van der Waals surface area contributed by atoms with Crippen molar-refractivity contribution in [1.29, 1.82) is 0 Å². The van der Waals surface area contributed by atoms with Crippen molar-refractivity contribution in [3.05, 3.63) is 77.9 Å². The molecule has 0 spiro atoms. The zero-order valence-electron chi connectivity index (χ0n) is 23.9. The fraction of sp³-hybridized carbons (Fsp3) is 0.355. The lowest BCUT2D eigenvalue weighted by atomic mass is 9.94. The number of carbonyl (C=O) groups is 2. The van der Waals surface area contributed by atoms with E-state index < -0.39 is 6.36 Å². The maximum atomic E-state index is 12.7. The molecule has 12 heteroatoms. The average molecular weight is 616 g/mol. The molecule has 230 valence electrons. The van der Waals surface area contributed by atoms with E-state index in [2.05, 4.69) is 52.2 Å². The number of hydrogen-bond donors (Lipinski definition) is 2. The monoisotopic (exact) mass is 615 g/mol. The number of aliphatic imine (C=N–C) groups is 1. The molecule has 2 N–H and O–H groups in total. The zero-order valence-corrected chi connectivity index (χ0v) is 24.8. The Morgan fingerprint density at radius 2 is 1.98 bits per heavy atom. The van der Waals surface area contributed by atoms with Gasteiger partial charge < -0.3 is 10.1 Å². The van der Waals surface area contributed by atoms with E-state index in [9.17, 15) is 22.8 Å². The number of thioether (sulfide) groups is 1. The van der Waals surface area contributed by atoms with Gasteiger partial charge in [0.15, 0.2) is 5.84 Å². The SMILES string of the molecule is C=N/C(=N\Nc1ccc(OC(F)(F)F)cc1)C1=CCC(NC(=O)/C=C/C[C@H]2SCC(=O)N2c2ccccc2C(C)C)CC1.[HH]. The first-order valence-electron chi connectivity index (χ1n) is 13.9. The number of nitrogens with one attached hydrogen (secondary N) is 2. The molecular weight excluding hydrogens is 579 g/mol.